The van der Waals surface area contributed by atoms with Crippen LogP contribution in [0.1, 0.15) is 49.9 Å². The van der Waals surface area contributed by atoms with Gasteiger partial charge < -0.3 is 10.2 Å². The standard InChI is InChI=1S/C24H31ClN2O2/c1-16-10-11-19(12-17(16)2)14-22(28)27(15-20-8-7-9-21(25)13-20)18(3)23(29)26-24(4,5)6/h7-13,18H,14-15H2,1-6H3,(H,26,29). The summed E-state index contributed by atoms with van der Waals surface area (Å²) < 4.78 is 0. The Bertz CT molecular complexity index is 887. The molecule has 1 N–H and O–H groups in total. The number of hydrogen-bond donors (Lipinski definition) is 1. The second-order valence-electron chi connectivity index (χ2n) is 8.66. The Kier molecular flexibility index (Phi) is 7.48. The Morgan fingerprint density at radius 1 is 1.03 bits per heavy atom. The molecule has 5 heteroatoms. The van der Waals surface area contributed by atoms with Gasteiger partial charge in [0.05, 0.1) is 6.42 Å². The molecule has 0 aliphatic rings. The van der Waals surface area contributed by atoms with Gasteiger partial charge in [-0.25, -0.2) is 0 Å². The Balaban J connectivity index is 2.27. The molecule has 0 heterocycles. The number of aryl methyl sites for hydroxylation is 2. The lowest BCUT2D eigenvalue weighted by molar-refractivity contribution is -0.140. The van der Waals surface area contributed by atoms with Crippen molar-refractivity contribution < 1.29 is 9.59 Å². The number of carbonyl (C=O) groups is 2. The summed E-state index contributed by atoms with van der Waals surface area (Å²) in [6, 6.07) is 12.8. The molecule has 2 aromatic rings. The van der Waals surface area contributed by atoms with E-state index in [4.69, 9.17) is 11.6 Å². The molecule has 0 radical (unpaired) electrons. The third-order valence-electron chi connectivity index (χ3n) is 4.83. The molecular formula is C24H31ClN2O2. The zero-order chi connectivity index (χ0) is 21.8. The number of benzene rings is 2. The minimum absolute atomic E-state index is 0.0928. The zero-order valence-corrected chi connectivity index (χ0v) is 18.9. The summed E-state index contributed by atoms with van der Waals surface area (Å²) in [7, 11) is 0. The number of carbonyl (C=O) groups excluding carboxylic acids is 2. The number of hydrogen-bond acceptors (Lipinski definition) is 2. The van der Waals surface area contributed by atoms with Gasteiger partial charge in [0.15, 0.2) is 0 Å². The van der Waals surface area contributed by atoms with E-state index in [1.165, 1.54) is 5.56 Å². The lowest BCUT2D eigenvalue weighted by Crippen LogP contribution is -2.52. The molecule has 0 bridgehead atoms. The Morgan fingerprint density at radius 2 is 1.72 bits per heavy atom. The quantitative estimate of drug-likeness (QED) is 0.735. The molecular weight excluding hydrogens is 384 g/mol. The summed E-state index contributed by atoms with van der Waals surface area (Å²) in [5.74, 6) is -0.266. The van der Waals surface area contributed by atoms with Crippen LogP contribution in [0.25, 0.3) is 0 Å². The van der Waals surface area contributed by atoms with Crippen LogP contribution in [-0.4, -0.2) is 28.3 Å². The van der Waals surface area contributed by atoms with Gasteiger partial charge in [0, 0.05) is 17.1 Å². The average molecular weight is 415 g/mol. The average Bonchev–Trinajstić information content (AvgIpc) is 2.60. The van der Waals surface area contributed by atoms with E-state index < -0.39 is 6.04 Å². The largest absolute Gasteiger partial charge is 0.350 e. The maximum absolute atomic E-state index is 13.2. The highest BCUT2D eigenvalue weighted by Gasteiger charge is 2.28. The van der Waals surface area contributed by atoms with Gasteiger partial charge >= 0.3 is 0 Å². The van der Waals surface area contributed by atoms with Crippen molar-refractivity contribution in [1.29, 1.82) is 0 Å². The number of nitrogens with zero attached hydrogens (tertiary/aromatic N) is 1. The van der Waals surface area contributed by atoms with Crippen LogP contribution in [0.4, 0.5) is 0 Å². The number of nitrogens with one attached hydrogen (secondary N) is 1. The number of amides is 2. The van der Waals surface area contributed by atoms with Crippen LogP contribution in [0.3, 0.4) is 0 Å². The van der Waals surface area contributed by atoms with Crippen molar-refractivity contribution in [2.75, 3.05) is 0 Å². The topological polar surface area (TPSA) is 49.4 Å². The molecule has 0 aliphatic carbocycles. The molecule has 0 aromatic heterocycles. The Labute approximate surface area is 179 Å². The van der Waals surface area contributed by atoms with E-state index in [0.29, 0.717) is 11.6 Å². The Morgan fingerprint density at radius 3 is 2.31 bits per heavy atom. The van der Waals surface area contributed by atoms with Crippen LogP contribution in [0.5, 0.6) is 0 Å². The number of halogens is 1. The molecule has 1 atom stereocenters. The lowest BCUT2D eigenvalue weighted by Gasteiger charge is -2.31. The lowest BCUT2D eigenvalue weighted by atomic mass is 10.0. The molecule has 0 saturated heterocycles. The second-order valence-corrected chi connectivity index (χ2v) is 9.10. The highest BCUT2D eigenvalue weighted by atomic mass is 35.5. The van der Waals surface area contributed by atoms with Crippen LogP contribution in [-0.2, 0) is 22.6 Å². The molecule has 4 nitrogen and oxygen atoms in total. The smallest absolute Gasteiger partial charge is 0.242 e. The van der Waals surface area contributed by atoms with Gasteiger partial charge in [0.2, 0.25) is 11.8 Å². The first-order chi connectivity index (χ1) is 13.5. The molecule has 29 heavy (non-hydrogen) atoms. The van der Waals surface area contributed by atoms with Crippen molar-refractivity contribution in [3.63, 3.8) is 0 Å². The molecule has 0 saturated carbocycles. The SMILES string of the molecule is Cc1ccc(CC(=O)N(Cc2cccc(Cl)c2)C(C)C(=O)NC(C)(C)C)cc1C. The fourth-order valence-corrected chi connectivity index (χ4v) is 3.29. The highest BCUT2D eigenvalue weighted by Crippen LogP contribution is 2.17. The van der Waals surface area contributed by atoms with E-state index in [-0.39, 0.29) is 23.8 Å². The molecule has 2 rings (SSSR count). The van der Waals surface area contributed by atoms with Crippen molar-refractivity contribution in [1.82, 2.24) is 10.2 Å². The highest BCUT2D eigenvalue weighted by molar-refractivity contribution is 6.30. The van der Waals surface area contributed by atoms with Crippen LogP contribution < -0.4 is 5.32 Å². The molecule has 2 amide bonds. The maximum Gasteiger partial charge on any atom is 0.242 e. The van der Waals surface area contributed by atoms with Gasteiger partial charge in [-0.2, -0.15) is 0 Å². The minimum atomic E-state index is -0.604. The van der Waals surface area contributed by atoms with Crippen molar-refractivity contribution in [3.8, 4) is 0 Å². The normalized spacial score (nSPS) is 12.4. The first-order valence-corrected chi connectivity index (χ1v) is 10.3. The summed E-state index contributed by atoms with van der Waals surface area (Å²) in [6.45, 7) is 12.0. The number of rotatable bonds is 6. The van der Waals surface area contributed by atoms with Crippen molar-refractivity contribution >= 4 is 23.4 Å². The van der Waals surface area contributed by atoms with Crippen molar-refractivity contribution in [2.45, 2.75) is 66.1 Å². The van der Waals surface area contributed by atoms with Crippen molar-refractivity contribution in [2.24, 2.45) is 0 Å². The summed E-state index contributed by atoms with van der Waals surface area (Å²) >= 11 is 6.12. The first kappa shape index (κ1) is 23.0. The summed E-state index contributed by atoms with van der Waals surface area (Å²) in [5, 5.41) is 3.58. The van der Waals surface area contributed by atoms with E-state index in [2.05, 4.69) is 5.32 Å². The molecule has 0 spiro atoms. The monoisotopic (exact) mass is 414 g/mol. The van der Waals surface area contributed by atoms with Gasteiger partial charge in [-0.05, 0) is 75.9 Å². The minimum Gasteiger partial charge on any atom is -0.350 e. The van der Waals surface area contributed by atoms with Gasteiger partial charge in [0.1, 0.15) is 6.04 Å². The second kappa shape index (κ2) is 9.45. The van der Waals surface area contributed by atoms with Gasteiger partial charge in [-0.15, -0.1) is 0 Å². The maximum atomic E-state index is 13.2. The van der Waals surface area contributed by atoms with Crippen LogP contribution in [0, 0.1) is 13.8 Å². The predicted molar refractivity (Wildman–Crippen MR) is 119 cm³/mol. The predicted octanol–water partition coefficient (Wildman–Crippen LogP) is 4.83. The van der Waals surface area contributed by atoms with E-state index in [9.17, 15) is 9.59 Å². The van der Waals surface area contributed by atoms with E-state index in [1.54, 1.807) is 17.9 Å². The Hall–Kier alpha value is -2.33. The van der Waals surface area contributed by atoms with E-state index in [0.717, 1.165) is 16.7 Å². The van der Waals surface area contributed by atoms with Gasteiger partial charge in [-0.1, -0.05) is 41.9 Å². The summed E-state index contributed by atoms with van der Waals surface area (Å²) in [4.78, 5) is 27.6. The molecule has 0 aliphatic heterocycles. The molecule has 2 aromatic carbocycles. The van der Waals surface area contributed by atoms with Gasteiger partial charge in [0.25, 0.3) is 0 Å². The summed E-state index contributed by atoms with van der Waals surface area (Å²) in [5.41, 5.74) is 3.80. The first-order valence-electron chi connectivity index (χ1n) is 9.88. The fraction of sp³-hybridized carbons (Fsp3) is 0.417. The van der Waals surface area contributed by atoms with Crippen molar-refractivity contribution in [3.05, 3.63) is 69.7 Å². The molecule has 156 valence electrons. The van der Waals surface area contributed by atoms with E-state index >= 15 is 0 Å². The van der Waals surface area contributed by atoms with Crippen LogP contribution in [0.15, 0.2) is 42.5 Å². The van der Waals surface area contributed by atoms with Gasteiger partial charge in [-0.3, -0.25) is 9.59 Å². The zero-order valence-electron chi connectivity index (χ0n) is 18.2. The fourth-order valence-electron chi connectivity index (χ4n) is 3.08. The molecule has 1 unspecified atom stereocenters. The van der Waals surface area contributed by atoms with Crippen LogP contribution >= 0.6 is 11.6 Å². The molecule has 0 fully saturated rings. The third kappa shape index (κ3) is 6.90. The van der Waals surface area contributed by atoms with Crippen LogP contribution in [0.2, 0.25) is 5.02 Å². The third-order valence-corrected chi connectivity index (χ3v) is 5.07. The summed E-state index contributed by atoms with van der Waals surface area (Å²) in [6.07, 6.45) is 0.245. The van der Waals surface area contributed by atoms with E-state index in [1.807, 2.05) is 71.0 Å².